The van der Waals surface area contributed by atoms with E-state index in [-0.39, 0.29) is 5.38 Å². The number of pyridine rings is 1. The van der Waals surface area contributed by atoms with Gasteiger partial charge in [0.15, 0.2) is 0 Å². The molecule has 2 aromatic rings. The van der Waals surface area contributed by atoms with Gasteiger partial charge in [-0.2, -0.15) is 0 Å². The Kier molecular flexibility index (Phi) is 3.29. The summed E-state index contributed by atoms with van der Waals surface area (Å²) in [5.41, 5.74) is 1.96. The second-order valence-electron chi connectivity index (χ2n) is 3.20. The van der Waals surface area contributed by atoms with Crippen LogP contribution in [0.4, 0.5) is 0 Å². The first-order valence-corrected chi connectivity index (χ1v) is 5.33. The zero-order chi connectivity index (χ0) is 10.7. The van der Waals surface area contributed by atoms with Crippen LogP contribution in [-0.4, -0.2) is 4.98 Å². The molecule has 4 heteroatoms. The van der Waals surface area contributed by atoms with Crippen molar-refractivity contribution < 1.29 is 4.42 Å². The maximum atomic E-state index is 6.22. The monoisotopic (exact) mass is 241 g/mol. The molecule has 2 heterocycles. The fourth-order valence-electron chi connectivity index (χ4n) is 1.33. The number of nitrogens with zero attached hydrogens (tertiary/aromatic N) is 1. The van der Waals surface area contributed by atoms with E-state index in [1.54, 1.807) is 24.9 Å². The van der Waals surface area contributed by atoms with E-state index in [0.717, 1.165) is 11.1 Å². The molecule has 0 aromatic carbocycles. The lowest BCUT2D eigenvalue weighted by molar-refractivity contribution is 0.563. The third-order valence-electron chi connectivity index (χ3n) is 2.16. The fourth-order valence-corrected chi connectivity index (χ4v) is 1.82. The highest BCUT2D eigenvalue weighted by molar-refractivity contribution is 6.31. The highest BCUT2D eigenvalue weighted by atomic mass is 35.5. The minimum Gasteiger partial charge on any atom is -0.472 e. The fraction of sp³-hybridized carbons (Fsp3) is 0.182. The van der Waals surface area contributed by atoms with Gasteiger partial charge in [-0.1, -0.05) is 11.6 Å². The Morgan fingerprint density at radius 2 is 2.27 bits per heavy atom. The van der Waals surface area contributed by atoms with Crippen molar-refractivity contribution in [1.82, 2.24) is 4.98 Å². The summed E-state index contributed by atoms with van der Waals surface area (Å²) < 4.78 is 4.97. The van der Waals surface area contributed by atoms with Crippen molar-refractivity contribution in [2.24, 2.45) is 0 Å². The molecular formula is C11H9Cl2NO. The van der Waals surface area contributed by atoms with Crippen molar-refractivity contribution >= 4 is 23.2 Å². The molecule has 0 spiro atoms. The van der Waals surface area contributed by atoms with Gasteiger partial charge in [-0.15, -0.1) is 11.6 Å². The Morgan fingerprint density at radius 3 is 2.93 bits per heavy atom. The topological polar surface area (TPSA) is 26.0 Å². The molecular weight excluding hydrogens is 233 g/mol. The quantitative estimate of drug-likeness (QED) is 0.764. The number of rotatable bonds is 3. The van der Waals surface area contributed by atoms with Crippen LogP contribution in [0, 0.1) is 0 Å². The number of furan rings is 1. The van der Waals surface area contributed by atoms with Gasteiger partial charge in [0.1, 0.15) is 0 Å². The van der Waals surface area contributed by atoms with Crippen molar-refractivity contribution in [3.05, 3.63) is 53.2 Å². The molecule has 1 unspecified atom stereocenters. The Morgan fingerprint density at radius 1 is 1.40 bits per heavy atom. The van der Waals surface area contributed by atoms with E-state index in [0.29, 0.717) is 11.4 Å². The van der Waals surface area contributed by atoms with E-state index in [9.17, 15) is 0 Å². The van der Waals surface area contributed by atoms with Crippen LogP contribution in [0.1, 0.15) is 16.5 Å². The first kappa shape index (κ1) is 10.5. The standard InChI is InChI=1S/C11H9Cl2NO/c12-10(9-2-4-15-7-9)5-8-1-3-14-6-11(8)13/h1-4,6-7,10H,5H2. The summed E-state index contributed by atoms with van der Waals surface area (Å²) in [7, 11) is 0. The molecule has 0 saturated carbocycles. The average molecular weight is 242 g/mol. The number of hydrogen-bond donors (Lipinski definition) is 0. The molecule has 0 N–H and O–H groups in total. The molecule has 15 heavy (non-hydrogen) atoms. The minimum absolute atomic E-state index is 0.122. The van der Waals surface area contributed by atoms with Crippen LogP contribution < -0.4 is 0 Å². The number of hydrogen-bond acceptors (Lipinski definition) is 2. The molecule has 0 fully saturated rings. The molecule has 1 atom stereocenters. The molecule has 0 radical (unpaired) electrons. The number of halogens is 2. The van der Waals surface area contributed by atoms with Crippen LogP contribution in [0.5, 0.6) is 0 Å². The van der Waals surface area contributed by atoms with E-state index in [1.807, 2.05) is 12.1 Å². The molecule has 0 aliphatic carbocycles. The van der Waals surface area contributed by atoms with E-state index in [4.69, 9.17) is 27.6 Å². The highest BCUT2D eigenvalue weighted by Crippen LogP contribution is 2.27. The summed E-state index contributed by atoms with van der Waals surface area (Å²) in [5, 5.41) is 0.523. The van der Waals surface area contributed by atoms with Crippen LogP contribution in [0.3, 0.4) is 0 Å². The molecule has 0 bridgehead atoms. The van der Waals surface area contributed by atoms with Gasteiger partial charge in [-0.05, 0) is 24.1 Å². The third kappa shape index (κ3) is 2.52. The summed E-state index contributed by atoms with van der Waals surface area (Å²) in [6.45, 7) is 0. The molecule has 78 valence electrons. The average Bonchev–Trinajstić information content (AvgIpc) is 2.74. The first-order valence-electron chi connectivity index (χ1n) is 4.52. The first-order chi connectivity index (χ1) is 7.27. The van der Waals surface area contributed by atoms with Gasteiger partial charge in [0, 0.05) is 18.0 Å². The zero-order valence-corrected chi connectivity index (χ0v) is 9.37. The van der Waals surface area contributed by atoms with Crippen molar-refractivity contribution in [1.29, 1.82) is 0 Å². The molecule has 0 amide bonds. The van der Waals surface area contributed by atoms with E-state index in [1.165, 1.54) is 0 Å². The zero-order valence-electron chi connectivity index (χ0n) is 7.86. The maximum absolute atomic E-state index is 6.22. The molecule has 2 nitrogen and oxygen atoms in total. The van der Waals surface area contributed by atoms with Crippen LogP contribution in [0.25, 0.3) is 0 Å². The second kappa shape index (κ2) is 4.69. The van der Waals surface area contributed by atoms with Crippen LogP contribution in [-0.2, 0) is 6.42 Å². The lowest BCUT2D eigenvalue weighted by atomic mass is 10.1. The molecule has 0 saturated heterocycles. The Labute approximate surface area is 97.8 Å². The summed E-state index contributed by atoms with van der Waals surface area (Å²) in [6, 6.07) is 3.73. The Hall–Kier alpha value is -0.990. The van der Waals surface area contributed by atoms with Gasteiger partial charge in [0.2, 0.25) is 0 Å². The number of aromatic nitrogens is 1. The summed E-state index contributed by atoms with van der Waals surface area (Å²) >= 11 is 12.2. The lowest BCUT2D eigenvalue weighted by Crippen LogP contribution is -1.95. The minimum atomic E-state index is -0.122. The lowest BCUT2D eigenvalue weighted by Gasteiger charge is -2.07. The van der Waals surface area contributed by atoms with Gasteiger partial charge < -0.3 is 4.42 Å². The Bertz CT molecular complexity index is 428. The predicted molar refractivity (Wildman–Crippen MR) is 60.3 cm³/mol. The van der Waals surface area contributed by atoms with Crippen LogP contribution in [0.2, 0.25) is 5.02 Å². The van der Waals surface area contributed by atoms with Crippen molar-refractivity contribution in [2.75, 3.05) is 0 Å². The van der Waals surface area contributed by atoms with Crippen LogP contribution in [0.15, 0.2) is 41.5 Å². The summed E-state index contributed by atoms with van der Waals surface area (Å²) in [6.07, 6.45) is 7.25. The van der Waals surface area contributed by atoms with Crippen molar-refractivity contribution in [3.8, 4) is 0 Å². The SMILES string of the molecule is Clc1cnccc1CC(Cl)c1ccoc1. The highest BCUT2D eigenvalue weighted by Gasteiger charge is 2.11. The molecule has 2 aromatic heterocycles. The Balaban J connectivity index is 2.13. The van der Waals surface area contributed by atoms with Crippen LogP contribution >= 0.6 is 23.2 Å². The van der Waals surface area contributed by atoms with E-state index < -0.39 is 0 Å². The van der Waals surface area contributed by atoms with Gasteiger partial charge in [-0.3, -0.25) is 4.98 Å². The molecule has 0 aliphatic heterocycles. The van der Waals surface area contributed by atoms with Gasteiger partial charge >= 0.3 is 0 Å². The smallest absolute Gasteiger partial charge is 0.0949 e. The van der Waals surface area contributed by atoms with Gasteiger partial charge in [0.05, 0.1) is 22.9 Å². The largest absolute Gasteiger partial charge is 0.472 e. The number of alkyl halides is 1. The van der Waals surface area contributed by atoms with Crippen molar-refractivity contribution in [3.63, 3.8) is 0 Å². The predicted octanol–water partition coefficient (Wildman–Crippen LogP) is 3.85. The molecule has 2 rings (SSSR count). The van der Waals surface area contributed by atoms with Gasteiger partial charge in [-0.25, -0.2) is 0 Å². The van der Waals surface area contributed by atoms with E-state index >= 15 is 0 Å². The third-order valence-corrected chi connectivity index (χ3v) is 2.91. The second-order valence-corrected chi connectivity index (χ2v) is 4.13. The van der Waals surface area contributed by atoms with Crippen molar-refractivity contribution in [2.45, 2.75) is 11.8 Å². The summed E-state index contributed by atoms with van der Waals surface area (Å²) in [4.78, 5) is 3.92. The summed E-state index contributed by atoms with van der Waals surface area (Å²) in [5.74, 6) is 0. The normalized spacial score (nSPS) is 12.7. The maximum Gasteiger partial charge on any atom is 0.0949 e. The van der Waals surface area contributed by atoms with Gasteiger partial charge in [0.25, 0.3) is 0 Å². The molecule has 0 aliphatic rings. The van der Waals surface area contributed by atoms with E-state index in [2.05, 4.69) is 4.98 Å².